The average molecular weight is 198 g/mol. The molecule has 0 radical (unpaired) electrons. The highest BCUT2D eigenvalue weighted by Crippen LogP contribution is 2.22. The zero-order chi connectivity index (χ0) is 9.84. The van der Waals surface area contributed by atoms with Crippen LogP contribution in [-0.2, 0) is 7.05 Å². The highest BCUT2D eigenvalue weighted by Gasteiger charge is 2.08. The Hall–Kier alpha value is -0.970. The molecular formula is C8H14N4S. The molecule has 0 aliphatic carbocycles. The summed E-state index contributed by atoms with van der Waals surface area (Å²) in [4.78, 5) is 4.18. The topological polar surface area (TPSA) is 67.7 Å². The number of nitrogens with zero attached hydrogens (tertiary/aromatic N) is 2. The molecule has 1 heterocycles. The SMILES string of the molecule is CC(CC(=N)N)Sc1nccn1C. The van der Waals surface area contributed by atoms with E-state index in [1.165, 1.54) is 0 Å². The van der Waals surface area contributed by atoms with Gasteiger partial charge in [-0.1, -0.05) is 18.7 Å². The maximum Gasteiger partial charge on any atom is 0.167 e. The summed E-state index contributed by atoms with van der Waals surface area (Å²) in [7, 11) is 1.95. The zero-order valence-corrected chi connectivity index (χ0v) is 8.64. The van der Waals surface area contributed by atoms with Gasteiger partial charge in [0, 0.05) is 31.1 Å². The Morgan fingerprint density at radius 2 is 2.54 bits per heavy atom. The molecule has 3 N–H and O–H groups in total. The van der Waals surface area contributed by atoms with Gasteiger partial charge >= 0.3 is 0 Å². The number of amidine groups is 1. The standard InChI is InChI=1S/C8H14N4S/c1-6(5-7(9)10)13-8-11-3-4-12(8)2/h3-4,6H,5H2,1-2H3,(H3,9,10). The second kappa shape index (κ2) is 4.32. The molecule has 0 aliphatic rings. The fourth-order valence-electron chi connectivity index (χ4n) is 0.997. The van der Waals surface area contributed by atoms with Crippen LogP contribution in [0, 0.1) is 5.41 Å². The molecule has 0 bridgehead atoms. The molecule has 0 saturated heterocycles. The quantitative estimate of drug-likeness (QED) is 0.434. The monoisotopic (exact) mass is 198 g/mol. The summed E-state index contributed by atoms with van der Waals surface area (Å²) in [5.41, 5.74) is 5.30. The molecule has 72 valence electrons. The van der Waals surface area contributed by atoms with Crippen molar-refractivity contribution in [2.45, 2.75) is 23.8 Å². The Balaban J connectivity index is 2.49. The van der Waals surface area contributed by atoms with E-state index in [1.807, 2.05) is 24.7 Å². The number of aryl methyl sites for hydroxylation is 1. The Kier molecular flexibility index (Phi) is 3.36. The van der Waals surface area contributed by atoms with Crippen LogP contribution in [0.15, 0.2) is 17.6 Å². The van der Waals surface area contributed by atoms with Crippen LogP contribution in [0.1, 0.15) is 13.3 Å². The van der Waals surface area contributed by atoms with Crippen LogP contribution in [0.5, 0.6) is 0 Å². The first-order chi connectivity index (χ1) is 6.09. The van der Waals surface area contributed by atoms with Crippen molar-refractivity contribution in [2.75, 3.05) is 0 Å². The summed E-state index contributed by atoms with van der Waals surface area (Å²) in [6, 6.07) is 0. The van der Waals surface area contributed by atoms with Crippen molar-refractivity contribution in [1.82, 2.24) is 9.55 Å². The van der Waals surface area contributed by atoms with Gasteiger partial charge in [-0.3, -0.25) is 5.41 Å². The smallest absolute Gasteiger partial charge is 0.167 e. The maximum absolute atomic E-state index is 7.14. The van der Waals surface area contributed by atoms with E-state index >= 15 is 0 Å². The van der Waals surface area contributed by atoms with E-state index in [-0.39, 0.29) is 5.84 Å². The molecule has 5 heteroatoms. The van der Waals surface area contributed by atoms with Crippen molar-refractivity contribution in [1.29, 1.82) is 5.41 Å². The van der Waals surface area contributed by atoms with E-state index in [4.69, 9.17) is 11.1 Å². The van der Waals surface area contributed by atoms with Gasteiger partial charge in [0.05, 0.1) is 5.84 Å². The van der Waals surface area contributed by atoms with Crippen molar-refractivity contribution in [3.8, 4) is 0 Å². The molecule has 13 heavy (non-hydrogen) atoms. The molecule has 0 spiro atoms. The van der Waals surface area contributed by atoms with Gasteiger partial charge in [0.25, 0.3) is 0 Å². The minimum Gasteiger partial charge on any atom is -0.388 e. The van der Waals surface area contributed by atoms with E-state index in [0.717, 1.165) is 5.16 Å². The van der Waals surface area contributed by atoms with E-state index in [1.54, 1.807) is 18.0 Å². The van der Waals surface area contributed by atoms with Crippen molar-refractivity contribution in [3.63, 3.8) is 0 Å². The van der Waals surface area contributed by atoms with Gasteiger partial charge < -0.3 is 10.3 Å². The van der Waals surface area contributed by atoms with Gasteiger partial charge in [-0.15, -0.1) is 0 Å². The van der Waals surface area contributed by atoms with E-state index in [0.29, 0.717) is 11.7 Å². The highest BCUT2D eigenvalue weighted by molar-refractivity contribution is 7.99. The molecule has 1 atom stereocenters. The average Bonchev–Trinajstić information content (AvgIpc) is 2.34. The van der Waals surface area contributed by atoms with E-state index in [2.05, 4.69) is 4.98 Å². The first-order valence-electron chi connectivity index (χ1n) is 4.06. The third-order valence-electron chi connectivity index (χ3n) is 1.59. The van der Waals surface area contributed by atoms with Crippen LogP contribution in [0.2, 0.25) is 0 Å². The summed E-state index contributed by atoms with van der Waals surface area (Å²) in [6.07, 6.45) is 4.28. The van der Waals surface area contributed by atoms with Crippen LogP contribution >= 0.6 is 11.8 Å². The minimum absolute atomic E-state index is 0.231. The van der Waals surface area contributed by atoms with Gasteiger partial charge in [0.2, 0.25) is 0 Å². The van der Waals surface area contributed by atoms with E-state index < -0.39 is 0 Å². The number of nitrogens with one attached hydrogen (secondary N) is 1. The minimum atomic E-state index is 0.231. The molecule has 1 aromatic heterocycles. The van der Waals surface area contributed by atoms with Crippen LogP contribution in [0.25, 0.3) is 0 Å². The second-order valence-corrected chi connectivity index (χ2v) is 4.38. The number of thioether (sulfide) groups is 1. The fourth-order valence-corrected chi connectivity index (χ4v) is 1.97. The maximum atomic E-state index is 7.14. The summed E-state index contributed by atoms with van der Waals surface area (Å²) < 4.78 is 1.96. The first kappa shape index (κ1) is 10.1. The molecule has 0 aromatic carbocycles. The summed E-state index contributed by atoms with van der Waals surface area (Å²) in [5, 5.41) is 8.42. The molecular weight excluding hydrogens is 184 g/mol. The van der Waals surface area contributed by atoms with Gasteiger partial charge in [-0.25, -0.2) is 4.98 Å². The van der Waals surface area contributed by atoms with Gasteiger partial charge in [0.1, 0.15) is 0 Å². The fraction of sp³-hybridized carbons (Fsp3) is 0.500. The molecule has 0 aliphatic heterocycles. The van der Waals surface area contributed by atoms with Crippen LogP contribution in [-0.4, -0.2) is 20.6 Å². The molecule has 1 unspecified atom stereocenters. The molecule has 0 fully saturated rings. The number of hydrogen-bond acceptors (Lipinski definition) is 3. The summed E-state index contributed by atoms with van der Waals surface area (Å²) >= 11 is 1.64. The first-order valence-corrected chi connectivity index (χ1v) is 4.94. The lowest BCUT2D eigenvalue weighted by molar-refractivity contribution is 0.785. The Morgan fingerprint density at radius 1 is 1.85 bits per heavy atom. The molecule has 0 amide bonds. The van der Waals surface area contributed by atoms with Crippen LogP contribution < -0.4 is 5.73 Å². The van der Waals surface area contributed by atoms with Crippen LogP contribution in [0.3, 0.4) is 0 Å². The van der Waals surface area contributed by atoms with Crippen molar-refractivity contribution >= 4 is 17.6 Å². The van der Waals surface area contributed by atoms with Crippen molar-refractivity contribution < 1.29 is 0 Å². The molecule has 0 saturated carbocycles. The number of hydrogen-bond donors (Lipinski definition) is 2. The van der Waals surface area contributed by atoms with Gasteiger partial charge in [-0.05, 0) is 0 Å². The largest absolute Gasteiger partial charge is 0.388 e. The lowest BCUT2D eigenvalue weighted by Crippen LogP contribution is -2.15. The Bertz CT molecular complexity index is 294. The Labute approximate surface area is 82.0 Å². The van der Waals surface area contributed by atoms with Gasteiger partial charge in [0.15, 0.2) is 5.16 Å². The number of rotatable bonds is 4. The second-order valence-electron chi connectivity index (χ2n) is 2.98. The van der Waals surface area contributed by atoms with Gasteiger partial charge in [-0.2, -0.15) is 0 Å². The Morgan fingerprint density at radius 3 is 3.00 bits per heavy atom. The van der Waals surface area contributed by atoms with Crippen LogP contribution in [0.4, 0.5) is 0 Å². The van der Waals surface area contributed by atoms with Crippen molar-refractivity contribution in [2.24, 2.45) is 12.8 Å². The predicted octanol–water partition coefficient (Wildman–Crippen LogP) is 1.23. The number of nitrogens with two attached hydrogens (primary N) is 1. The third kappa shape index (κ3) is 3.10. The normalized spacial score (nSPS) is 12.8. The highest BCUT2D eigenvalue weighted by atomic mass is 32.2. The zero-order valence-electron chi connectivity index (χ0n) is 7.82. The predicted molar refractivity (Wildman–Crippen MR) is 55.1 cm³/mol. The summed E-state index contributed by atoms with van der Waals surface area (Å²) in [6.45, 7) is 2.04. The molecule has 4 nitrogen and oxygen atoms in total. The van der Waals surface area contributed by atoms with Crippen molar-refractivity contribution in [3.05, 3.63) is 12.4 Å². The molecule has 1 rings (SSSR count). The third-order valence-corrected chi connectivity index (χ3v) is 2.76. The number of imidazole rings is 1. The lowest BCUT2D eigenvalue weighted by atomic mass is 10.3. The molecule has 1 aromatic rings. The lowest BCUT2D eigenvalue weighted by Gasteiger charge is -2.08. The summed E-state index contributed by atoms with van der Waals surface area (Å²) in [5.74, 6) is 0.231. The number of aromatic nitrogens is 2. The van der Waals surface area contributed by atoms with E-state index in [9.17, 15) is 0 Å².